The van der Waals surface area contributed by atoms with Crippen molar-refractivity contribution in [1.29, 1.82) is 0 Å². The molecular formula is C5H8N4OS. The number of carbonyl (C=O) groups is 1. The van der Waals surface area contributed by atoms with E-state index in [9.17, 15) is 4.79 Å². The Bertz CT molecular complexity index is 325. The molecule has 0 aliphatic heterocycles. The Labute approximate surface area is 68.4 Å². The lowest BCUT2D eigenvalue weighted by Crippen LogP contribution is -2.18. The molecule has 11 heavy (non-hydrogen) atoms. The van der Waals surface area contributed by atoms with Crippen LogP contribution in [0.2, 0.25) is 0 Å². The van der Waals surface area contributed by atoms with E-state index in [0.29, 0.717) is 4.64 Å². The van der Waals surface area contributed by atoms with E-state index in [4.69, 9.17) is 12.2 Å². The predicted octanol–water partition coefficient (Wildman–Crippen LogP) is -0.163. The summed E-state index contributed by atoms with van der Waals surface area (Å²) in [5, 5.41) is 8.70. The summed E-state index contributed by atoms with van der Waals surface area (Å²) in [6, 6.07) is 0. The molecule has 0 aliphatic carbocycles. The Morgan fingerprint density at radius 3 is 2.82 bits per heavy atom. The van der Waals surface area contributed by atoms with Gasteiger partial charge >= 0.3 is 0 Å². The Hall–Kier alpha value is -1.17. The second kappa shape index (κ2) is 2.83. The SMILES string of the molecule is CNC(=O)c1n[nH]n(C)c1=S. The monoisotopic (exact) mass is 172 g/mol. The topological polar surface area (TPSA) is 62.7 Å². The summed E-state index contributed by atoms with van der Waals surface area (Å²) in [4.78, 5) is 11.0. The Balaban J connectivity index is 3.15. The molecule has 0 aliphatic rings. The minimum absolute atomic E-state index is 0.255. The van der Waals surface area contributed by atoms with Gasteiger partial charge in [-0.2, -0.15) is 5.10 Å². The number of aromatic nitrogens is 3. The van der Waals surface area contributed by atoms with Gasteiger partial charge in [0, 0.05) is 14.1 Å². The van der Waals surface area contributed by atoms with Gasteiger partial charge in [0.1, 0.15) is 0 Å². The molecule has 0 saturated carbocycles. The molecule has 1 rings (SSSR count). The van der Waals surface area contributed by atoms with Crippen molar-refractivity contribution in [1.82, 2.24) is 20.3 Å². The van der Waals surface area contributed by atoms with Gasteiger partial charge < -0.3 is 5.32 Å². The van der Waals surface area contributed by atoms with E-state index in [1.165, 1.54) is 11.7 Å². The van der Waals surface area contributed by atoms with Crippen LogP contribution in [0.1, 0.15) is 10.5 Å². The summed E-state index contributed by atoms with van der Waals surface area (Å²) in [7, 11) is 3.23. The maximum atomic E-state index is 11.0. The first-order valence-electron chi connectivity index (χ1n) is 3.00. The maximum absolute atomic E-state index is 11.0. The van der Waals surface area contributed by atoms with E-state index in [0.717, 1.165) is 0 Å². The smallest absolute Gasteiger partial charge is 0.274 e. The second-order valence-corrected chi connectivity index (χ2v) is 2.39. The molecule has 6 heteroatoms. The van der Waals surface area contributed by atoms with Crippen molar-refractivity contribution in [2.24, 2.45) is 7.05 Å². The van der Waals surface area contributed by atoms with Gasteiger partial charge in [-0.05, 0) is 0 Å². The number of H-pyrrole nitrogens is 1. The van der Waals surface area contributed by atoms with Crippen LogP contribution in [0.3, 0.4) is 0 Å². The third kappa shape index (κ3) is 1.30. The van der Waals surface area contributed by atoms with E-state index >= 15 is 0 Å². The number of hydrogen-bond donors (Lipinski definition) is 2. The molecule has 0 fully saturated rings. The van der Waals surface area contributed by atoms with Crippen LogP contribution in [0.25, 0.3) is 0 Å². The van der Waals surface area contributed by atoms with Crippen LogP contribution in [0.4, 0.5) is 0 Å². The standard InChI is InChI=1S/C5H8N4OS/c1-6-4(10)3-5(11)9(2)8-7-3/h8H,1-2H3,(H,6,10). The summed E-state index contributed by atoms with van der Waals surface area (Å²) in [5.41, 5.74) is 0.255. The Kier molecular flexibility index (Phi) is 2.04. The lowest BCUT2D eigenvalue weighted by molar-refractivity contribution is 0.0957. The van der Waals surface area contributed by atoms with Crippen molar-refractivity contribution in [2.75, 3.05) is 7.05 Å². The average molecular weight is 172 g/mol. The van der Waals surface area contributed by atoms with Crippen molar-refractivity contribution >= 4 is 18.1 Å². The van der Waals surface area contributed by atoms with Gasteiger partial charge in [0.2, 0.25) is 0 Å². The molecule has 1 aromatic rings. The molecule has 1 amide bonds. The molecule has 0 unspecified atom stereocenters. The number of nitrogens with zero attached hydrogens (tertiary/aromatic N) is 2. The molecule has 2 N–H and O–H groups in total. The number of amides is 1. The summed E-state index contributed by atoms with van der Waals surface area (Å²) in [6.07, 6.45) is 0. The zero-order chi connectivity index (χ0) is 8.43. The van der Waals surface area contributed by atoms with Gasteiger partial charge in [-0.3, -0.25) is 9.48 Å². The largest absolute Gasteiger partial charge is 0.354 e. The normalized spacial score (nSPS) is 9.64. The summed E-state index contributed by atoms with van der Waals surface area (Å²) in [5.74, 6) is -0.271. The zero-order valence-electron chi connectivity index (χ0n) is 6.21. The van der Waals surface area contributed by atoms with Crippen molar-refractivity contribution in [2.45, 2.75) is 0 Å². The molecule has 1 aromatic heterocycles. The minimum Gasteiger partial charge on any atom is -0.354 e. The third-order valence-electron chi connectivity index (χ3n) is 1.26. The van der Waals surface area contributed by atoms with Crippen LogP contribution in [-0.2, 0) is 7.05 Å². The molecule has 0 radical (unpaired) electrons. The maximum Gasteiger partial charge on any atom is 0.274 e. The lowest BCUT2D eigenvalue weighted by Gasteiger charge is -1.90. The highest BCUT2D eigenvalue weighted by Gasteiger charge is 2.09. The summed E-state index contributed by atoms with van der Waals surface area (Å²) < 4.78 is 1.91. The summed E-state index contributed by atoms with van der Waals surface area (Å²) >= 11 is 4.88. The molecule has 1 heterocycles. The molecule has 0 aromatic carbocycles. The number of hydrogen-bond acceptors (Lipinski definition) is 3. The Morgan fingerprint density at radius 2 is 2.45 bits per heavy atom. The van der Waals surface area contributed by atoms with Gasteiger partial charge in [0.15, 0.2) is 10.3 Å². The number of nitrogens with one attached hydrogen (secondary N) is 2. The first kappa shape index (κ1) is 7.93. The fourth-order valence-corrected chi connectivity index (χ4v) is 0.823. The first-order valence-corrected chi connectivity index (χ1v) is 3.41. The van der Waals surface area contributed by atoms with Crippen LogP contribution in [0, 0.1) is 4.64 Å². The van der Waals surface area contributed by atoms with E-state index < -0.39 is 0 Å². The van der Waals surface area contributed by atoms with Crippen molar-refractivity contribution in [3.63, 3.8) is 0 Å². The van der Waals surface area contributed by atoms with Crippen molar-refractivity contribution < 1.29 is 4.79 Å². The van der Waals surface area contributed by atoms with Crippen LogP contribution in [-0.4, -0.2) is 27.9 Å². The highest BCUT2D eigenvalue weighted by atomic mass is 32.1. The van der Waals surface area contributed by atoms with E-state index in [-0.39, 0.29) is 11.6 Å². The molecule has 5 nitrogen and oxygen atoms in total. The van der Waals surface area contributed by atoms with Crippen molar-refractivity contribution in [3.05, 3.63) is 10.3 Å². The van der Waals surface area contributed by atoms with Crippen LogP contribution in [0.5, 0.6) is 0 Å². The number of rotatable bonds is 1. The number of aromatic amines is 1. The average Bonchev–Trinajstić information content (AvgIpc) is 2.32. The van der Waals surface area contributed by atoms with E-state index in [2.05, 4.69) is 15.6 Å². The predicted molar refractivity (Wildman–Crippen MR) is 41.8 cm³/mol. The highest BCUT2D eigenvalue weighted by Crippen LogP contribution is 1.94. The van der Waals surface area contributed by atoms with Crippen LogP contribution in [0.15, 0.2) is 0 Å². The molecule has 0 bridgehead atoms. The summed E-state index contributed by atoms with van der Waals surface area (Å²) in [6.45, 7) is 0. The highest BCUT2D eigenvalue weighted by molar-refractivity contribution is 7.71. The molecule has 0 saturated heterocycles. The molecule has 0 atom stereocenters. The number of carbonyl (C=O) groups excluding carboxylic acids is 1. The van der Waals surface area contributed by atoms with Crippen LogP contribution >= 0.6 is 12.2 Å². The van der Waals surface area contributed by atoms with E-state index in [1.54, 1.807) is 7.05 Å². The van der Waals surface area contributed by atoms with Gasteiger partial charge in [0.25, 0.3) is 5.91 Å². The Morgan fingerprint density at radius 1 is 1.82 bits per heavy atom. The fraction of sp³-hybridized carbons (Fsp3) is 0.400. The van der Waals surface area contributed by atoms with Crippen LogP contribution < -0.4 is 5.32 Å². The van der Waals surface area contributed by atoms with E-state index in [1.807, 2.05) is 0 Å². The molecule has 0 spiro atoms. The second-order valence-electron chi connectivity index (χ2n) is 2.00. The zero-order valence-corrected chi connectivity index (χ0v) is 7.03. The quantitative estimate of drug-likeness (QED) is 0.578. The minimum atomic E-state index is -0.271. The van der Waals surface area contributed by atoms with Gasteiger partial charge in [-0.1, -0.05) is 12.2 Å². The molecular weight excluding hydrogens is 164 g/mol. The van der Waals surface area contributed by atoms with Gasteiger partial charge in [0.05, 0.1) is 0 Å². The first-order chi connectivity index (χ1) is 5.16. The fourth-order valence-electron chi connectivity index (χ4n) is 0.643. The van der Waals surface area contributed by atoms with Gasteiger partial charge in [-0.25, -0.2) is 5.21 Å². The van der Waals surface area contributed by atoms with Crippen molar-refractivity contribution in [3.8, 4) is 0 Å². The van der Waals surface area contributed by atoms with Gasteiger partial charge in [-0.15, -0.1) is 0 Å². The lowest BCUT2D eigenvalue weighted by atomic mass is 10.4. The molecule has 60 valence electrons. The third-order valence-corrected chi connectivity index (χ3v) is 1.73. The number of aryl methyl sites for hydroxylation is 1.